The first-order valence-electron chi connectivity index (χ1n) is 5.72. The fourth-order valence-electron chi connectivity index (χ4n) is 1.61. The summed E-state index contributed by atoms with van der Waals surface area (Å²) in [6.07, 6.45) is 5.29. The average Bonchev–Trinajstić information content (AvgIpc) is 2.83. The molecule has 0 N–H and O–H groups in total. The fourth-order valence-corrected chi connectivity index (χ4v) is 1.61. The summed E-state index contributed by atoms with van der Waals surface area (Å²) >= 11 is 0. The van der Waals surface area contributed by atoms with Gasteiger partial charge in [-0.2, -0.15) is 5.10 Å². The van der Waals surface area contributed by atoms with Gasteiger partial charge < -0.3 is 0 Å². The molecule has 2 aromatic heterocycles. The van der Waals surface area contributed by atoms with E-state index in [9.17, 15) is 4.79 Å². The molecule has 2 aromatic rings. The van der Waals surface area contributed by atoms with Crippen LogP contribution < -0.4 is 0 Å². The van der Waals surface area contributed by atoms with E-state index in [1.54, 1.807) is 12.4 Å². The molecule has 0 saturated carbocycles. The summed E-state index contributed by atoms with van der Waals surface area (Å²) in [6.45, 7) is 4.16. The topological polar surface area (TPSA) is 47.8 Å². The summed E-state index contributed by atoms with van der Waals surface area (Å²) < 4.78 is 1.83. The van der Waals surface area contributed by atoms with Crippen molar-refractivity contribution in [1.29, 1.82) is 0 Å². The third-order valence-electron chi connectivity index (χ3n) is 2.84. The molecule has 88 valence electrons. The van der Waals surface area contributed by atoms with Crippen LogP contribution in [0.25, 0.3) is 11.4 Å². The minimum Gasteiger partial charge on any atom is -0.298 e. The lowest BCUT2D eigenvalue weighted by Crippen LogP contribution is -2.04. The molecule has 4 heteroatoms. The molecule has 4 nitrogen and oxygen atoms in total. The fraction of sp³-hybridized carbons (Fsp3) is 0.308. The lowest BCUT2D eigenvalue weighted by molar-refractivity contribution is 0.112. The van der Waals surface area contributed by atoms with Crippen LogP contribution in [0.5, 0.6) is 0 Å². The molecule has 1 atom stereocenters. The molecule has 0 radical (unpaired) electrons. The molecule has 0 bridgehead atoms. The molecule has 0 amide bonds. The van der Waals surface area contributed by atoms with E-state index in [1.807, 2.05) is 22.9 Å². The van der Waals surface area contributed by atoms with E-state index in [0.717, 1.165) is 18.4 Å². The Morgan fingerprint density at radius 3 is 2.88 bits per heavy atom. The van der Waals surface area contributed by atoms with Crippen LogP contribution >= 0.6 is 0 Å². The highest BCUT2D eigenvalue weighted by atomic mass is 16.1. The molecule has 1 unspecified atom stereocenters. The number of hydrogen-bond donors (Lipinski definition) is 0. The maximum atomic E-state index is 11.0. The molecule has 0 aromatic carbocycles. The van der Waals surface area contributed by atoms with Crippen LogP contribution in [0.4, 0.5) is 0 Å². The molecular formula is C13H15N3O. The summed E-state index contributed by atoms with van der Waals surface area (Å²) in [5.41, 5.74) is 1.97. The zero-order chi connectivity index (χ0) is 12.3. The van der Waals surface area contributed by atoms with Crippen molar-refractivity contribution >= 4 is 6.29 Å². The molecule has 0 saturated heterocycles. The number of carbonyl (C=O) groups is 1. The average molecular weight is 229 g/mol. The first-order valence-corrected chi connectivity index (χ1v) is 5.72. The number of carbonyl (C=O) groups excluding carboxylic acids is 1. The number of nitrogens with zero attached hydrogens (tertiary/aromatic N) is 3. The second-order valence-electron chi connectivity index (χ2n) is 4.00. The molecule has 2 heterocycles. The van der Waals surface area contributed by atoms with Gasteiger partial charge in [-0.1, -0.05) is 13.0 Å². The van der Waals surface area contributed by atoms with Gasteiger partial charge in [-0.3, -0.25) is 14.5 Å². The Bertz CT molecular complexity index is 505. The Balaban J connectivity index is 2.47. The first kappa shape index (κ1) is 11.5. The van der Waals surface area contributed by atoms with Crippen LogP contribution in [0.3, 0.4) is 0 Å². The predicted molar refractivity (Wildman–Crippen MR) is 65.8 cm³/mol. The lowest BCUT2D eigenvalue weighted by atomic mass is 10.2. The van der Waals surface area contributed by atoms with Crippen molar-refractivity contribution < 1.29 is 4.79 Å². The van der Waals surface area contributed by atoms with Gasteiger partial charge in [0.2, 0.25) is 0 Å². The molecular weight excluding hydrogens is 214 g/mol. The van der Waals surface area contributed by atoms with Crippen molar-refractivity contribution in [3.63, 3.8) is 0 Å². The monoisotopic (exact) mass is 229 g/mol. The van der Waals surface area contributed by atoms with Crippen LogP contribution in [0.2, 0.25) is 0 Å². The largest absolute Gasteiger partial charge is 0.298 e. The minimum atomic E-state index is 0.283. The number of aldehydes is 1. The van der Waals surface area contributed by atoms with Gasteiger partial charge >= 0.3 is 0 Å². The van der Waals surface area contributed by atoms with Crippen molar-refractivity contribution in [2.75, 3.05) is 0 Å². The van der Waals surface area contributed by atoms with Gasteiger partial charge in [0.15, 0.2) is 6.29 Å². The van der Waals surface area contributed by atoms with E-state index >= 15 is 0 Å². The van der Waals surface area contributed by atoms with Crippen molar-refractivity contribution in [2.24, 2.45) is 0 Å². The zero-order valence-electron chi connectivity index (χ0n) is 10.00. The van der Waals surface area contributed by atoms with E-state index in [0.29, 0.717) is 11.3 Å². The van der Waals surface area contributed by atoms with Crippen molar-refractivity contribution in [3.8, 4) is 11.4 Å². The Kier molecular flexibility index (Phi) is 3.32. The highest BCUT2D eigenvalue weighted by molar-refractivity contribution is 5.84. The van der Waals surface area contributed by atoms with Crippen molar-refractivity contribution in [3.05, 3.63) is 36.2 Å². The molecule has 17 heavy (non-hydrogen) atoms. The summed E-state index contributed by atoms with van der Waals surface area (Å²) in [4.78, 5) is 15.3. The van der Waals surface area contributed by atoms with E-state index in [-0.39, 0.29) is 6.04 Å². The van der Waals surface area contributed by atoms with Gasteiger partial charge in [0.25, 0.3) is 0 Å². The maximum Gasteiger partial charge on any atom is 0.153 e. The molecule has 0 aliphatic heterocycles. The Morgan fingerprint density at radius 2 is 2.29 bits per heavy atom. The minimum absolute atomic E-state index is 0.283. The van der Waals surface area contributed by atoms with Crippen LogP contribution in [-0.4, -0.2) is 21.1 Å². The quantitative estimate of drug-likeness (QED) is 0.757. The van der Waals surface area contributed by atoms with E-state index in [2.05, 4.69) is 23.9 Å². The maximum absolute atomic E-state index is 11.0. The van der Waals surface area contributed by atoms with Crippen LogP contribution in [0.1, 0.15) is 36.7 Å². The molecule has 0 spiro atoms. The lowest BCUT2D eigenvalue weighted by Gasteiger charge is -2.07. The highest BCUT2D eigenvalue weighted by Gasteiger charge is 2.13. The predicted octanol–water partition coefficient (Wildman–Crippen LogP) is 2.73. The molecule has 0 aliphatic rings. The third-order valence-corrected chi connectivity index (χ3v) is 2.84. The number of aromatic nitrogens is 3. The van der Waals surface area contributed by atoms with Gasteiger partial charge in [-0.05, 0) is 25.5 Å². The molecule has 0 fully saturated rings. The third kappa shape index (κ3) is 2.25. The van der Waals surface area contributed by atoms with Crippen LogP contribution in [0, 0.1) is 0 Å². The molecule has 0 aliphatic carbocycles. The van der Waals surface area contributed by atoms with Crippen molar-refractivity contribution in [2.45, 2.75) is 26.3 Å². The number of rotatable bonds is 4. The number of pyridine rings is 1. The van der Waals surface area contributed by atoms with Crippen LogP contribution in [-0.2, 0) is 0 Å². The van der Waals surface area contributed by atoms with Gasteiger partial charge in [-0.15, -0.1) is 0 Å². The van der Waals surface area contributed by atoms with E-state index in [4.69, 9.17) is 0 Å². The van der Waals surface area contributed by atoms with Gasteiger partial charge in [0, 0.05) is 18.4 Å². The Labute approximate surface area is 100 Å². The van der Waals surface area contributed by atoms with Gasteiger partial charge in [-0.25, -0.2) is 0 Å². The van der Waals surface area contributed by atoms with Gasteiger partial charge in [0.1, 0.15) is 5.69 Å². The summed E-state index contributed by atoms with van der Waals surface area (Å²) in [5.74, 6) is 0. The van der Waals surface area contributed by atoms with Crippen molar-refractivity contribution in [1.82, 2.24) is 14.8 Å². The summed E-state index contributed by atoms with van der Waals surface area (Å²) in [7, 11) is 0. The SMILES string of the molecule is CCC(C)n1cc(C=O)c(-c2ccccn2)n1. The normalized spacial score (nSPS) is 12.4. The Hall–Kier alpha value is -1.97. The second-order valence-corrected chi connectivity index (χ2v) is 4.00. The Morgan fingerprint density at radius 1 is 1.47 bits per heavy atom. The number of hydrogen-bond acceptors (Lipinski definition) is 3. The van der Waals surface area contributed by atoms with Gasteiger partial charge in [0.05, 0.1) is 11.3 Å². The highest BCUT2D eigenvalue weighted by Crippen LogP contribution is 2.20. The molecule has 2 rings (SSSR count). The van der Waals surface area contributed by atoms with E-state index < -0.39 is 0 Å². The first-order chi connectivity index (χ1) is 8.26. The smallest absolute Gasteiger partial charge is 0.153 e. The van der Waals surface area contributed by atoms with E-state index in [1.165, 1.54) is 0 Å². The second kappa shape index (κ2) is 4.91. The zero-order valence-corrected chi connectivity index (χ0v) is 10.00. The summed E-state index contributed by atoms with van der Waals surface area (Å²) in [5, 5.41) is 4.44. The summed E-state index contributed by atoms with van der Waals surface area (Å²) in [6, 6.07) is 5.87. The standard InChI is InChI=1S/C13H15N3O/c1-3-10(2)16-8-11(9-17)13(15-16)12-6-4-5-7-14-12/h4-10H,3H2,1-2H3. The van der Waals surface area contributed by atoms with Crippen LogP contribution in [0.15, 0.2) is 30.6 Å².